The Bertz CT molecular complexity index is 1190. The molecule has 35 heavy (non-hydrogen) atoms. The van der Waals surface area contributed by atoms with E-state index >= 15 is 0 Å². The summed E-state index contributed by atoms with van der Waals surface area (Å²) >= 11 is 0. The lowest BCUT2D eigenvalue weighted by Crippen LogP contribution is -2.15. The van der Waals surface area contributed by atoms with Gasteiger partial charge in [-0.25, -0.2) is 0 Å². The summed E-state index contributed by atoms with van der Waals surface area (Å²) in [5, 5.41) is 2.10. The first-order valence-corrected chi connectivity index (χ1v) is 14.9. The molecule has 3 nitrogen and oxygen atoms in total. The lowest BCUT2D eigenvalue weighted by molar-refractivity contribution is 0.479. The predicted molar refractivity (Wildman–Crippen MR) is 152 cm³/mol. The van der Waals surface area contributed by atoms with Crippen LogP contribution in [-0.4, -0.2) is 13.0 Å². The van der Waals surface area contributed by atoms with Gasteiger partial charge in [0.25, 0.3) is 10.1 Å². The molecule has 0 bridgehead atoms. The molecule has 0 aliphatic carbocycles. The molecule has 0 aliphatic rings. The molecule has 0 spiro atoms. The molecule has 3 atom stereocenters. The fourth-order valence-corrected chi connectivity index (χ4v) is 6.42. The molecule has 1 N–H and O–H groups in total. The Kier molecular flexibility index (Phi) is 9.80. The molecule has 0 radical (unpaired) electrons. The second-order valence-corrected chi connectivity index (χ2v) is 12.6. The third-order valence-electron chi connectivity index (χ3n) is 8.29. The minimum atomic E-state index is -4.39. The molecule has 0 saturated carbocycles. The first-order valence-electron chi connectivity index (χ1n) is 13.5. The van der Waals surface area contributed by atoms with Gasteiger partial charge in [-0.3, -0.25) is 4.55 Å². The molecule has 0 heterocycles. The van der Waals surface area contributed by atoms with Crippen LogP contribution in [0.5, 0.6) is 0 Å². The van der Waals surface area contributed by atoms with Gasteiger partial charge in [-0.1, -0.05) is 92.0 Å². The maximum Gasteiger partial charge on any atom is 0.294 e. The van der Waals surface area contributed by atoms with Crippen molar-refractivity contribution in [2.24, 2.45) is 5.92 Å². The van der Waals surface area contributed by atoms with Gasteiger partial charge in [0, 0.05) is 5.92 Å². The van der Waals surface area contributed by atoms with Crippen LogP contribution in [0.2, 0.25) is 0 Å². The Morgan fingerprint density at radius 1 is 0.886 bits per heavy atom. The van der Waals surface area contributed by atoms with Gasteiger partial charge in [-0.05, 0) is 89.5 Å². The van der Waals surface area contributed by atoms with Gasteiger partial charge in [0.2, 0.25) is 0 Å². The zero-order chi connectivity index (χ0) is 26.8. The standard InChI is InChI=1S/C31H48O3S/c1-12-14-21(8)25-15-16-26-27(30(25)24(11)23(10)20(7)13-2)17-28(35(32,33)34)29(19(5)6)31(26)22(9)18(3)4/h15-19,21-22,24H,12-14H2,1-11H3,(H,32,33,34). The van der Waals surface area contributed by atoms with Gasteiger partial charge in [-0.15, -0.1) is 0 Å². The zero-order valence-corrected chi connectivity index (χ0v) is 24.7. The summed E-state index contributed by atoms with van der Waals surface area (Å²) in [4.78, 5) is 0.0742. The maximum atomic E-state index is 12.8. The van der Waals surface area contributed by atoms with Gasteiger partial charge in [0.15, 0.2) is 0 Å². The highest BCUT2D eigenvalue weighted by Crippen LogP contribution is 2.45. The van der Waals surface area contributed by atoms with Crippen molar-refractivity contribution < 1.29 is 13.0 Å². The Morgan fingerprint density at radius 2 is 1.49 bits per heavy atom. The summed E-state index contributed by atoms with van der Waals surface area (Å²) in [5.41, 5.74) is 7.03. The molecule has 0 aromatic heterocycles. The molecular formula is C31H48O3S. The van der Waals surface area contributed by atoms with E-state index in [-0.39, 0.29) is 22.6 Å². The average molecular weight is 501 g/mol. The number of fused-ring (bicyclic) bond motifs is 1. The van der Waals surface area contributed by atoms with E-state index in [1.54, 1.807) is 6.07 Å². The van der Waals surface area contributed by atoms with Crippen LogP contribution in [0.4, 0.5) is 0 Å². The second kappa shape index (κ2) is 11.6. The summed E-state index contributed by atoms with van der Waals surface area (Å²) < 4.78 is 36.0. The van der Waals surface area contributed by atoms with E-state index in [0.717, 1.165) is 41.2 Å². The van der Waals surface area contributed by atoms with Crippen LogP contribution in [-0.2, 0) is 10.1 Å². The van der Waals surface area contributed by atoms with Crippen LogP contribution < -0.4 is 0 Å². The Hall–Kier alpha value is -1.65. The van der Waals surface area contributed by atoms with Gasteiger partial charge >= 0.3 is 0 Å². The molecule has 2 aromatic carbocycles. The predicted octanol–water partition coefficient (Wildman–Crippen LogP) is 9.72. The van der Waals surface area contributed by atoms with Crippen molar-refractivity contribution in [2.45, 2.75) is 124 Å². The smallest absolute Gasteiger partial charge is 0.282 e. The summed E-state index contributed by atoms with van der Waals surface area (Å²) in [7, 11) is -4.39. The topological polar surface area (TPSA) is 54.4 Å². The molecule has 0 amide bonds. The van der Waals surface area contributed by atoms with Crippen molar-refractivity contribution >= 4 is 20.9 Å². The maximum absolute atomic E-state index is 12.8. The van der Waals surface area contributed by atoms with E-state index in [2.05, 4.69) is 74.4 Å². The highest BCUT2D eigenvalue weighted by Gasteiger charge is 2.30. The number of hydrogen-bond donors (Lipinski definition) is 1. The summed E-state index contributed by atoms with van der Waals surface area (Å²) in [5.74, 6) is 0.954. The highest BCUT2D eigenvalue weighted by atomic mass is 32.2. The summed E-state index contributed by atoms with van der Waals surface area (Å²) in [6.07, 6.45) is 3.16. The van der Waals surface area contributed by atoms with E-state index in [0.29, 0.717) is 11.8 Å². The van der Waals surface area contributed by atoms with Gasteiger partial charge < -0.3 is 0 Å². The van der Waals surface area contributed by atoms with Gasteiger partial charge in [0.1, 0.15) is 0 Å². The Morgan fingerprint density at radius 3 is 1.94 bits per heavy atom. The Balaban J connectivity index is 3.24. The summed E-state index contributed by atoms with van der Waals surface area (Å²) in [6.45, 7) is 23.9. The molecule has 196 valence electrons. The van der Waals surface area contributed by atoms with Crippen LogP contribution in [0.25, 0.3) is 10.8 Å². The van der Waals surface area contributed by atoms with E-state index < -0.39 is 10.1 Å². The van der Waals surface area contributed by atoms with Crippen LogP contribution in [0.1, 0.15) is 141 Å². The molecule has 0 saturated heterocycles. The van der Waals surface area contributed by atoms with Crippen molar-refractivity contribution in [3.63, 3.8) is 0 Å². The lowest BCUT2D eigenvalue weighted by Gasteiger charge is -2.30. The van der Waals surface area contributed by atoms with Crippen LogP contribution in [0, 0.1) is 5.92 Å². The van der Waals surface area contributed by atoms with Crippen molar-refractivity contribution in [1.82, 2.24) is 0 Å². The largest absolute Gasteiger partial charge is 0.294 e. The SMILES string of the molecule is CCCC(C)c1ccc2c(C(C)C(C)C)c(C(C)C)c(S(=O)(=O)O)cc2c1C(C)C(C)=C(C)CC. The Labute approximate surface area is 215 Å². The molecular weight excluding hydrogens is 452 g/mol. The monoisotopic (exact) mass is 500 g/mol. The second-order valence-electron chi connectivity index (χ2n) is 11.3. The lowest BCUT2D eigenvalue weighted by atomic mass is 9.76. The van der Waals surface area contributed by atoms with Crippen molar-refractivity contribution in [3.8, 4) is 0 Å². The fraction of sp³-hybridized carbons (Fsp3) is 0.613. The third-order valence-corrected chi connectivity index (χ3v) is 9.18. The van der Waals surface area contributed by atoms with E-state index in [9.17, 15) is 13.0 Å². The molecule has 0 fully saturated rings. The van der Waals surface area contributed by atoms with E-state index in [1.165, 1.54) is 22.3 Å². The van der Waals surface area contributed by atoms with E-state index in [1.807, 2.05) is 13.8 Å². The quantitative estimate of drug-likeness (QED) is 0.261. The van der Waals surface area contributed by atoms with Crippen molar-refractivity contribution in [2.75, 3.05) is 0 Å². The first kappa shape index (κ1) is 29.6. The zero-order valence-electron chi connectivity index (χ0n) is 23.9. The third kappa shape index (κ3) is 6.02. The normalized spacial score (nSPS) is 16.1. The van der Waals surface area contributed by atoms with Crippen LogP contribution >= 0.6 is 0 Å². The van der Waals surface area contributed by atoms with E-state index in [4.69, 9.17) is 0 Å². The van der Waals surface area contributed by atoms with Crippen LogP contribution in [0.3, 0.4) is 0 Å². The highest BCUT2D eigenvalue weighted by molar-refractivity contribution is 7.85. The molecule has 2 aromatic rings. The van der Waals surface area contributed by atoms with Crippen molar-refractivity contribution in [3.05, 3.63) is 51.6 Å². The molecule has 3 unspecified atom stereocenters. The number of hydrogen-bond acceptors (Lipinski definition) is 2. The number of benzene rings is 2. The summed E-state index contributed by atoms with van der Waals surface area (Å²) in [6, 6.07) is 6.28. The minimum Gasteiger partial charge on any atom is -0.282 e. The van der Waals surface area contributed by atoms with Crippen LogP contribution in [0.15, 0.2) is 34.2 Å². The first-order chi connectivity index (χ1) is 16.2. The van der Waals surface area contributed by atoms with Gasteiger partial charge in [-0.2, -0.15) is 8.42 Å². The van der Waals surface area contributed by atoms with Crippen molar-refractivity contribution in [1.29, 1.82) is 0 Å². The fourth-order valence-electron chi connectivity index (χ4n) is 5.53. The number of allylic oxidation sites excluding steroid dienone is 2. The minimum absolute atomic E-state index is 0.0314. The molecule has 2 rings (SSSR count). The number of rotatable bonds is 10. The van der Waals surface area contributed by atoms with Gasteiger partial charge in [0.05, 0.1) is 4.90 Å². The average Bonchev–Trinajstić information content (AvgIpc) is 2.79. The molecule has 0 aliphatic heterocycles. The molecule has 4 heteroatoms.